The molecule has 1 amide bonds. The number of carbonyl (C=O) groups is 1. The van der Waals surface area contributed by atoms with E-state index in [1.165, 1.54) is 33.5 Å². The van der Waals surface area contributed by atoms with E-state index in [0.717, 1.165) is 0 Å². The molecule has 0 saturated heterocycles. The van der Waals surface area contributed by atoms with Crippen molar-refractivity contribution in [2.24, 2.45) is 7.05 Å². The Morgan fingerprint density at radius 2 is 2.17 bits per heavy atom. The molecule has 0 spiro atoms. The van der Waals surface area contributed by atoms with Gasteiger partial charge in [-0.05, 0) is 18.2 Å². The molecule has 18 heavy (non-hydrogen) atoms. The normalized spacial score (nSPS) is 10.3. The molecule has 5 nitrogen and oxygen atoms in total. The summed E-state index contributed by atoms with van der Waals surface area (Å²) in [5.41, 5.74) is 0.0911. The third-order valence-corrected chi connectivity index (χ3v) is 2.44. The lowest BCUT2D eigenvalue weighted by Gasteiger charge is -2.05. The summed E-state index contributed by atoms with van der Waals surface area (Å²) in [6.07, 6.45) is 3.09. The highest BCUT2D eigenvalue weighted by molar-refractivity contribution is 5.90. The van der Waals surface area contributed by atoms with E-state index in [4.69, 9.17) is 0 Å². The van der Waals surface area contributed by atoms with Gasteiger partial charge in [0.1, 0.15) is 12.4 Å². The fourth-order valence-electron chi connectivity index (χ4n) is 1.55. The first-order valence-corrected chi connectivity index (χ1v) is 5.33. The Balaban J connectivity index is 2.05. The highest BCUT2D eigenvalue weighted by atomic mass is 19.1. The van der Waals surface area contributed by atoms with E-state index in [2.05, 4.69) is 5.32 Å². The molecule has 2 rings (SSSR count). The highest BCUT2D eigenvalue weighted by Crippen LogP contribution is 2.08. The number of imidazole rings is 1. The Labute approximate surface area is 102 Å². The number of carbonyl (C=O) groups excluding carboxylic acids is 1. The Kier molecular flexibility index (Phi) is 3.27. The van der Waals surface area contributed by atoms with Crippen LogP contribution < -0.4 is 11.0 Å². The molecule has 0 aliphatic heterocycles. The zero-order valence-corrected chi connectivity index (χ0v) is 9.76. The lowest BCUT2D eigenvalue weighted by Crippen LogP contribution is -2.28. The zero-order chi connectivity index (χ0) is 13.1. The first-order valence-electron chi connectivity index (χ1n) is 5.33. The minimum atomic E-state index is -0.426. The van der Waals surface area contributed by atoms with Crippen LogP contribution in [-0.2, 0) is 18.4 Å². The number of nitrogens with one attached hydrogen (secondary N) is 1. The summed E-state index contributed by atoms with van der Waals surface area (Å²) >= 11 is 0. The monoisotopic (exact) mass is 249 g/mol. The molecule has 1 aromatic carbocycles. The maximum Gasteiger partial charge on any atom is 0.328 e. The molecule has 94 valence electrons. The molecule has 0 aliphatic carbocycles. The molecule has 0 bridgehead atoms. The molecule has 0 atom stereocenters. The molecule has 1 N–H and O–H groups in total. The second-order valence-electron chi connectivity index (χ2n) is 3.88. The number of nitrogens with zero attached hydrogens (tertiary/aromatic N) is 2. The number of aromatic nitrogens is 2. The lowest BCUT2D eigenvalue weighted by molar-refractivity contribution is -0.116. The topological polar surface area (TPSA) is 56.0 Å². The van der Waals surface area contributed by atoms with Crippen LogP contribution in [0.3, 0.4) is 0 Å². The maximum atomic E-state index is 12.9. The fourth-order valence-corrected chi connectivity index (χ4v) is 1.55. The first kappa shape index (κ1) is 12.1. The van der Waals surface area contributed by atoms with Crippen LogP contribution >= 0.6 is 0 Å². The van der Waals surface area contributed by atoms with Crippen LogP contribution in [0.4, 0.5) is 10.1 Å². The van der Waals surface area contributed by atoms with Gasteiger partial charge in [-0.15, -0.1) is 0 Å². The minimum Gasteiger partial charge on any atom is -0.324 e. The van der Waals surface area contributed by atoms with Crippen molar-refractivity contribution in [3.05, 3.63) is 53.0 Å². The smallest absolute Gasteiger partial charge is 0.324 e. The Hall–Kier alpha value is -2.37. The minimum absolute atomic E-state index is 0.101. The number of anilines is 1. The Morgan fingerprint density at radius 1 is 1.39 bits per heavy atom. The fraction of sp³-hybridized carbons (Fsp3) is 0.167. The molecule has 2 aromatic rings. The van der Waals surface area contributed by atoms with Gasteiger partial charge in [-0.3, -0.25) is 9.36 Å². The van der Waals surface area contributed by atoms with Crippen LogP contribution in [0.1, 0.15) is 0 Å². The molecular weight excluding hydrogens is 237 g/mol. The SMILES string of the molecule is Cn1ccn(CC(=O)Nc2cccc(F)c2)c1=O. The van der Waals surface area contributed by atoms with Gasteiger partial charge in [-0.1, -0.05) is 6.07 Å². The average Bonchev–Trinajstić information content (AvgIpc) is 2.61. The third kappa shape index (κ3) is 2.65. The van der Waals surface area contributed by atoms with E-state index in [1.54, 1.807) is 19.3 Å². The molecule has 1 aromatic heterocycles. The average molecular weight is 249 g/mol. The number of aryl methyl sites for hydroxylation is 1. The van der Waals surface area contributed by atoms with Gasteiger partial charge in [0.15, 0.2) is 0 Å². The van der Waals surface area contributed by atoms with Crippen LogP contribution in [0.5, 0.6) is 0 Å². The molecule has 0 unspecified atom stereocenters. The molecule has 6 heteroatoms. The highest BCUT2D eigenvalue weighted by Gasteiger charge is 2.07. The van der Waals surface area contributed by atoms with Gasteiger partial charge < -0.3 is 9.88 Å². The van der Waals surface area contributed by atoms with E-state index in [0.29, 0.717) is 5.69 Å². The van der Waals surface area contributed by atoms with E-state index in [-0.39, 0.29) is 18.1 Å². The predicted octanol–water partition coefficient (Wildman–Crippen LogP) is 0.965. The van der Waals surface area contributed by atoms with Gasteiger partial charge in [0.2, 0.25) is 5.91 Å². The molecular formula is C12H12FN3O2. The van der Waals surface area contributed by atoms with Gasteiger partial charge in [0.05, 0.1) is 0 Å². The summed E-state index contributed by atoms with van der Waals surface area (Å²) < 4.78 is 15.5. The quantitative estimate of drug-likeness (QED) is 0.881. The van der Waals surface area contributed by atoms with Crippen LogP contribution in [0.2, 0.25) is 0 Å². The van der Waals surface area contributed by atoms with Crippen molar-refractivity contribution in [2.75, 3.05) is 5.32 Å². The largest absolute Gasteiger partial charge is 0.328 e. The summed E-state index contributed by atoms with van der Waals surface area (Å²) in [5.74, 6) is -0.807. The zero-order valence-electron chi connectivity index (χ0n) is 9.76. The van der Waals surface area contributed by atoms with Crippen LogP contribution in [0.15, 0.2) is 41.5 Å². The van der Waals surface area contributed by atoms with Crippen molar-refractivity contribution in [3.8, 4) is 0 Å². The van der Waals surface area contributed by atoms with Gasteiger partial charge in [0.25, 0.3) is 0 Å². The van der Waals surface area contributed by atoms with E-state index >= 15 is 0 Å². The van der Waals surface area contributed by atoms with Crippen molar-refractivity contribution in [3.63, 3.8) is 0 Å². The molecule has 0 aliphatic rings. The van der Waals surface area contributed by atoms with E-state index in [9.17, 15) is 14.0 Å². The Bertz CT molecular complexity index is 630. The van der Waals surface area contributed by atoms with Crippen LogP contribution in [0.25, 0.3) is 0 Å². The molecule has 0 saturated carbocycles. The van der Waals surface area contributed by atoms with Crippen molar-refractivity contribution < 1.29 is 9.18 Å². The molecule has 1 heterocycles. The van der Waals surface area contributed by atoms with Gasteiger partial charge in [-0.2, -0.15) is 0 Å². The standard InChI is InChI=1S/C12H12FN3O2/c1-15-5-6-16(12(15)18)8-11(17)14-10-4-2-3-9(13)7-10/h2-7H,8H2,1H3,(H,14,17). The number of hydrogen-bond donors (Lipinski definition) is 1. The number of hydrogen-bond acceptors (Lipinski definition) is 2. The Morgan fingerprint density at radius 3 is 2.78 bits per heavy atom. The van der Waals surface area contributed by atoms with E-state index < -0.39 is 5.82 Å². The summed E-state index contributed by atoms with van der Waals surface area (Å²) in [5, 5.41) is 2.52. The van der Waals surface area contributed by atoms with Crippen LogP contribution in [0, 0.1) is 5.82 Å². The van der Waals surface area contributed by atoms with Gasteiger partial charge in [0, 0.05) is 25.1 Å². The molecule has 0 fully saturated rings. The second-order valence-corrected chi connectivity index (χ2v) is 3.88. The number of amides is 1. The van der Waals surface area contributed by atoms with Crippen molar-refractivity contribution in [2.45, 2.75) is 6.54 Å². The number of halogens is 1. The summed E-state index contributed by atoms with van der Waals surface area (Å²) in [7, 11) is 1.60. The van der Waals surface area contributed by atoms with Gasteiger partial charge >= 0.3 is 5.69 Å². The number of rotatable bonds is 3. The van der Waals surface area contributed by atoms with Crippen molar-refractivity contribution in [1.29, 1.82) is 0 Å². The second kappa shape index (κ2) is 4.87. The summed E-state index contributed by atoms with van der Waals surface area (Å²) in [4.78, 5) is 23.1. The maximum absolute atomic E-state index is 12.9. The van der Waals surface area contributed by atoms with Crippen molar-refractivity contribution in [1.82, 2.24) is 9.13 Å². The lowest BCUT2D eigenvalue weighted by atomic mass is 10.3. The summed E-state index contributed by atoms with van der Waals surface area (Å²) in [6.45, 7) is -0.101. The van der Waals surface area contributed by atoms with E-state index in [1.807, 2.05) is 0 Å². The van der Waals surface area contributed by atoms with Crippen molar-refractivity contribution >= 4 is 11.6 Å². The third-order valence-electron chi connectivity index (χ3n) is 2.44. The van der Waals surface area contributed by atoms with Crippen LogP contribution in [-0.4, -0.2) is 15.0 Å². The first-order chi connectivity index (χ1) is 8.56. The predicted molar refractivity (Wildman–Crippen MR) is 64.7 cm³/mol. The molecule has 0 radical (unpaired) electrons. The summed E-state index contributed by atoms with van der Waals surface area (Å²) in [6, 6.07) is 5.58. The number of benzene rings is 1. The van der Waals surface area contributed by atoms with Gasteiger partial charge in [-0.25, -0.2) is 9.18 Å².